The van der Waals surface area contributed by atoms with Crippen LogP contribution in [0.1, 0.15) is 239 Å². The van der Waals surface area contributed by atoms with Crippen molar-refractivity contribution in [1.29, 1.82) is 0 Å². The van der Waals surface area contributed by atoms with Crippen LogP contribution in [-0.4, -0.2) is 59.0 Å². The first-order valence-electron chi connectivity index (χ1n) is 24.5. The van der Waals surface area contributed by atoms with E-state index in [1.807, 2.05) is 6.08 Å². The van der Waals surface area contributed by atoms with E-state index >= 15 is 0 Å². The predicted octanol–water partition coefficient (Wildman–Crippen LogP) is 13.1. The number of carbonyl (C=O) groups is 1. The second-order valence-electron chi connectivity index (χ2n) is 16.9. The first-order valence-corrected chi connectivity index (χ1v) is 26.0. The Labute approximate surface area is 358 Å². The molecule has 0 aliphatic carbocycles. The van der Waals surface area contributed by atoms with Gasteiger partial charge >= 0.3 is 7.82 Å². The summed E-state index contributed by atoms with van der Waals surface area (Å²) in [6.45, 7) is 4.00. The highest BCUT2D eigenvalue weighted by atomic mass is 31.2. The number of rotatable bonds is 46. The minimum Gasteiger partial charge on any atom is -0.393 e. The van der Waals surface area contributed by atoms with E-state index in [9.17, 15) is 24.5 Å². The molecule has 0 saturated heterocycles. The molecule has 0 aliphatic rings. The number of carbonyl (C=O) groups excluding carboxylic acids is 1. The van der Waals surface area contributed by atoms with Gasteiger partial charge < -0.3 is 26.2 Å². The molecule has 0 aromatic carbocycles. The van der Waals surface area contributed by atoms with Crippen LogP contribution in [-0.2, 0) is 18.4 Å². The quantitative estimate of drug-likeness (QED) is 0.0231. The Morgan fingerprint density at radius 3 is 1.38 bits per heavy atom. The predicted molar refractivity (Wildman–Crippen MR) is 246 cm³/mol. The van der Waals surface area contributed by atoms with Gasteiger partial charge in [-0.3, -0.25) is 13.8 Å². The molecule has 0 radical (unpaired) electrons. The summed E-state index contributed by atoms with van der Waals surface area (Å²) in [5, 5.41) is 24.1. The van der Waals surface area contributed by atoms with E-state index in [-0.39, 0.29) is 19.6 Å². The fraction of sp³-hybridized carbons (Fsp3) is 0.896. The standard InChI is InChI=1S/C48H95N2O7P/c1-3-5-7-9-11-13-15-17-19-21-22-24-25-27-29-31-33-35-37-39-45(51)43-48(53)50-46(44-57-58(54,55)56-42-41-49)47(52)40-38-36-34-32-30-28-26-23-20-18-16-14-12-10-8-6-4-2/h24-25,38,40,45-47,51-52H,3-23,26-37,39,41-44,49H2,1-2H3,(H,50,53)(H,54,55)/b25-24-,40-38+. The van der Waals surface area contributed by atoms with E-state index in [2.05, 4.69) is 31.3 Å². The lowest BCUT2D eigenvalue weighted by Gasteiger charge is -2.24. The van der Waals surface area contributed by atoms with Gasteiger partial charge in [-0.25, -0.2) is 4.57 Å². The number of nitrogens with one attached hydrogen (secondary N) is 1. The highest BCUT2D eigenvalue weighted by Crippen LogP contribution is 2.43. The van der Waals surface area contributed by atoms with Crippen LogP contribution in [0.25, 0.3) is 0 Å². The molecule has 6 N–H and O–H groups in total. The van der Waals surface area contributed by atoms with Crippen molar-refractivity contribution in [1.82, 2.24) is 5.32 Å². The zero-order valence-corrected chi connectivity index (χ0v) is 38.8. The van der Waals surface area contributed by atoms with Gasteiger partial charge in [-0.05, 0) is 44.9 Å². The van der Waals surface area contributed by atoms with E-state index in [0.29, 0.717) is 6.42 Å². The van der Waals surface area contributed by atoms with Crippen molar-refractivity contribution < 1.29 is 33.5 Å². The van der Waals surface area contributed by atoms with Gasteiger partial charge in [-0.2, -0.15) is 0 Å². The summed E-state index contributed by atoms with van der Waals surface area (Å²) in [6, 6.07) is -0.983. The minimum absolute atomic E-state index is 0.0491. The molecule has 58 heavy (non-hydrogen) atoms. The summed E-state index contributed by atoms with van der Waals surface area (Å²) in [6.07, 6.45) is 48.3. The molecule has 0 bridgehead atoms. The number of hydrogen-bond acceptors (Lipinski definition) is 7. The maximum atomic E-state index is 12.9. The third-order valence-electron chi connectivity index (χ3n) is 11.1. The second-order valence-corrected chi connectivity index (χ2v) is 18.3. The van der Waals surface area contributed by atoms with Gasteiger partial charge in [0.15, 0.2) is 0 Å². The summed E-state index contributed by atoms with van der Waals surface area (Å²) in [7, 11) is -4.40. The number of phosphoric ester groups is 1. The van der Waals surface area contributed by atoms with Gasteiger partial charge in [-0.1, -0.05) is 212 Å². The molecule has 344 valence electrons. The number of allylic oxidation sites excluding steroid dienone is 3. The maximum absolute atomic E-state index is 12.9. The van der Waals surface area contributed by atoms with E-state index in [0.717, 1.165) is 51.4 Å². The van der Waals surface area contributed by atoms with E-state index in [4.69, 9.17) is 14.8 Å². The molecule has 0 aromatic rings. The summed E-state index contributed by atoms with van der Waals surface area (Å²) < 4.78 is 22.1. The van der Waals surface area contributed by atoms with Crippen LogP contribution < -0.4 is 11.1 Å². The van der Waals surface area contributed by atoms with Crippen LogP contribution in [0.2, 0.25) is 0 Å². The molecule has 0 aliphatic heterocycles. The molecule has 10 heteroatoms. The Morgan fingerprint density at radius 1 is 0.586 bits per heavy atom. The molecule has 4 atom stereocenters. The third kappa shape index (κ3) is 41.7. The number of hydrogen-bond donors (Lipinski definition) is 5. The molecular formula is C48H95N2O7P. The largest absolute Gasteiger partial charge is 0.472 e. The molecule has 0 rings (SSSR count). The second kappa shape index (κ2) is 44.0. The van der Waals surface area contributed by atoms with E-state index < -0.39 is 38.6 Å². The van der Waals surface area contributed by atoms with Crippen LogP contribution in [0.3, 0.4) is 0 Å². The highest BCUT2D eigenvalue weighted by molar-refractivity contribution is 7.47. The van der Waals surface area contributed by atoms with Gasteiger partial charge in [0.2, 0.25) is 5.91 Å². The van der Waals surface area contributed by atoms with Crippen LogP contribution in [0, 0.1) is 0 Å². The van der Waals surface area contributed by atoms with Gasteiger partial charge in [0, 0.05) is 6.54 Å². The molecule has 0 spiro atoms. The monoisotopic (exact) mass is 843 g/mol. The maximum Gasteiger partial charge on any atom is 0.472 e. The van der Waals surface area contributed by atoms with Gasteiger partial charge in [0.25, 0.3) is 0 Å². The summed E-state index contributed by atoms with van der Waals surface area (Å²) in [5.74, 6) is -0.448. The number of nitrogens with two attached hydrogens (primary N) is 1. The lowest BCUT2D eigenvalue weighted by atomic mass is 10.0. The summed E-state index contributed by atoms with van der Waals surface area (Å²) >= 11 is 0. The van der Waals surface area contributed by atoms with Crippen molar-refractivity contribution in [2.45, 2.75) is 257 Å². The number of amides is 1. The highest BCUT2D eigenvalue weighted by Gasteiger charge is 2.27. The molecule has 1 amide bonds. The average Bonchev–Trinajstić information content (AvgIpc) is 3.20. The van der Waals surface area contributed by atoms with Gasteiger partial charge in [0.1, 0.15) is 0 Å². The zero-order valence-electron chi connectivity index (χ0n) is 37.9. The van der Waals surface area contributed by atoms with Crippen LogP contribution in [0.15, 0.2) is 24.3 Å². The van der Waals surface area contributed by atoms with Gasteiger partial charge in [-0.15, -0.1) is 0 Å². The van der Waals surface area contributed by atoms with E-state index in [1.165, 1.54) is 161 Å². The zero-order chi connectivity index (χ0) is 42.6. The smallest absolute Gasteiger partial charge is 0.393 e. The molecular weight excluding hydrogens is 748 g/mol. The fourth-order valence-corrected chi connectivity index (χ4v) is 8.11. The third-order valence-corrected chi connectivity index (χ3v) is 12.1. The molecule has 0 saturated carbocycles. The fourth-order valence-electron chi connectivity index (χ4n) is 7.35. The normalized spacial score (nSPS) is 14.7. The lowest BCUT2D eigenvalue weighted by molar-refractivity contribution is -0.124. The van der Waals surface area contributed by atoms with E-state index in [1.54, 1.807) is 6.08 Å². The first-order chi connectivity index (χ1) is 28.3. The van der Waals surface area contributed by atoms with Crippen LogP contribution in [0.4, 0.5) is 0 Å². The van der Waals surface area contributed by atoms with Crippen LogP contribution in [0.5, 0.6) is 0 Å². The number of unbranched alkanes of at least 4 members (excludes halogenated alkanes) is 30. The number of phosphoric acid groups is 1. The number of aliphatic hydroxyl groups excluding tert-OH is 2. The Balaban J connectivity index is 4.24. The molecule has 0 heterocycles. The Kier molecular flexibility index (Phi) is 43.2. The molecule has 4 unspecified atom stereocenters. The Bertz CT molecular complexity index is 982. The molecule has 0 fully saturated rings. The SMILES string of the molecule is CCCCCCCCCCCC/C=C\CCCCCCCC(O)CC(=O)NC(COP(=O)(O)OCCN)C(O)/C=C/CCCCCCCCCCCCCCCCC. The summed E-state index contributed by atoms with van der Waals surface area (Å²) in [4.78, 5) is 22.8. The van der Waals surface area contributed by atoms with Crippen molar-refractivity contribution >= 4 is 13.7 Å². The topological polar surface area (TPSA) is 151 Å². The van der Waals surface area contributed by atoms with Crippen molar-refractivity contribution in [2.75, 3.05) is 19.8 Å². The first kappa shape index (κ1) is 56.9. The minimum atomic E-state index is -4.40. The Morgan fingerprint density at radius 2 is 0.966 bits per heavy atom. The summed E-state index contributed by atoms with van der Waals surface area (Å²) in [5.41, 5.74) is 5.37. The van der Waals surface area contributed by atoms with Crippen molar-refractivity contribution in [3.63, 3.8) is 0 Å². The van der Waals surface area contributed by atoms with Crippen LogP contribution >= 0.6 is 7.82 Å². The number of aliphatic hydroxyl groups is 2. The molecule has 9 nitrogen and oxygen atoms in total. The van der Waals surface area contributed by atoms with Crippen molar-refractivity contribution in [3.8, 4) is 0 Å². The lowest BCUT2D eigenvalue weighted by Crippen LogP contribution is -2.46. The Hall–Kier alpha value is -1.06. The molecule has 0 aromatic heterocycles. The van der Waals surface area contributed by atoms with Crippen molar-refractivity contribution in [3.05, 3.63) is 24.3 Å². The van der Waals surface area contributed by atoms with Gasteiger partial charge in [0.05, 0.1) is 37.9 Å². The average molecular weight is 843 g/mol. The van der Waals surface area contributed by atoms with Crippen molar-refractivity contribution in [2.24, 2.45) is 5.73 Å².